The van der Waals surface area contributed by atoms with Crippen molar-refractivity contribution >= 4 is 21.6 Å². The summed E-state index contributed by atoms with van der Waals surface area (Å²) in [5, 5.41) is 9.47. The molecule has 0 saturated heterocycles. The molecule has 108 valence electrons. The number of sulfonamides is 1. The number of rotatable bonds is 7. The Balaban J connectivity index is 2.94. The average molecular weight is 308 g/mol. The van der Waals surface area contributed by atoms with Gasteiger partial charge >= 0.3 is 0 Å². The first kappa shape index (κ1) is 16.2. The predicted octanol–water partition coefficient (Wildman–Crippen LogP) is 1.79. The summed E-state index contributed by atoms with van der Waals surface area (Å²) in [4.78, 5) is 0.0589. The molecule has 1 atom stereocenters. The number of nitrogens with one attached hydrogen (secondary N) is 1. The zero-order valence-electron chi connectivity index (χ0n) is 10.9. The molecule has 0 amide bonds. The van der Waals surface area contributed by atoms with Crippen molar-refractivity contribution in [3.63, 3.8) is 0 Å². The molecule has 1 unspecified atom stereocenters. The van der Waals surface area contributed by atoms with E-state index < -0.39 is 16.1 Å². The van der Waals surface area contributed by atoms with Gasteiger partial charge in [0, 0.05) is 12.6 Å². The van der Waals surface area contributed by atoms with Crippen molar-refractivity contribution < 1.29 is 18.3 Å². The Morgan fingerprint density at radius 3 is 2.74 bits per heavy atom. The lowest BCUT2D eigenvalue weighted by Crippen LogP contribution is -2.30. The Labute approximate surface area is 118 Å². The number of aliphatic hydroxyl groups is 1. The van der Waals surface area contributed by atoms with Crippen molar-refractivity contribution in [2.75, 3.05) is 13.2 Å². The number of halogens is 1. The molecule has 0 heterocycles. The summed E-state index contributed by atoms with van der Waals surface area (Å²) in [5.74, 6) is 0.337. The molecule has 0 fully saturated rings. The largest absolute Gasteiger partial charge is 0.492 e. The summed E-state index contributed by atoms with van der Waals surface area (Å²) in [6.07, 6.45) is 0.0472. The predicted molar refractivity (Wildman–Crippen MR) is 74.1 cm³/mol. The minimum atomic E-state index is -3.67. The van der Waals surface area contributed by atoms with Gasteiger partial charge in [0.2, 0.25) is 10.0 Å². The van der Waals surface area contributed by atoms with Gasteiger partial charge < -0.3 is 9.84 Å². The molecule has 0 saturated carbocycles. The molecule has 0 radical (unpaired) electrons. The normalized spacial score (nSPS) is 13.3. The topological polar surface area (TPSA) is 75.6 Å². The highest BCUT2D eigenvalue weighted by Crippen LogP contribution is 2.27. The first-order valence-corrected chi connectivity index (χ1v) is 7.83. The molecule has 2 N–H and O–H groups in total. The van der Waals surface area contributed by atoms with E-state index in [1.807, 2.05) is 6.92 Å². The third-order valence-electron chi connectivity index (χ3n) is 2.24. The number of ether oxygens (including phenoxy) is 1. The van der Waals surface area contributed by atoms with Crippen LogP contribution in [-0.2, 0) is 10.0 Å². The van der Waals surface area contributed by atoms with Crippen molar-refractivity contribution in [3.05, 3.63) is 23.2 Å². The van der Waals surface area contributed by atoms with E-state index in [9.17, 15) is 8.42 Å². The van der Waals surface area contributed by atoms with E-state index in [0.29, 0.717) is 17.4 Å². The summed E-state index contributed by atoms with van der Waals surface area (Å²) in [6.45, 7) is 3.86. The second kappa shape index (κ2) is 7.09. The molecule has 5 nitrogen and oxygen atoms in total. The van der Waals surface area contributed by atoms with Crippen LogP contribution < -0.4 is 9.46 Å². The van der Waals surface area contributed by atoms with Gasteiger partial charge in [-0.15, -0.1) is 0 Å². The molecule has 0 aliphatic heterocycles. The molecule has 1 aromatic carbocycles. The van der Waals surface area contributed by atoms with Crippen molar-refractivity contribution in [2.45, 2.75) is 31.3 Å². The van der Waals surface area contributed by atoms with Crippen LogP contribution in [0.15, 0.2) is 23.1 Å². The van der Waals surface area contributed by atoms with Gasteiger partial charge in [-0.25, -0.2) is 13.1 Å². The number of benzene rings is 1. The van der Waals surface area contributed by atoms with Crippen molar-refractivity contribution in [2.24, 2.45) is 0 Å². The minimum Gasteiger partial charge on any atom is -0.492 e. The van der Waals surface area contributed by atoms with Gasteiger partial charge in [0.25, 0.3) is 0 Å². The molecule has 0 aliphatic rings. The van der Waals surface area contributed by atoms with Crippen molar-refractivity contribution in [1.29, 1.82) is 0 Å². The van der Waals surface area contributed by atoms with Crippen LogP contribution in [-0.4, -0.2) is 32.8 Å². The summed E-state index contributed by atoms with van der Waals surface area (Å²) >= 11 is 5.93. The molecular formula is C12H18ClNO4S. The molecule has 7 heteroatoms. The van der Waals surface area contributed by atoms with Crippen LogP contribution in [0.25, 0.3) is 0 Å². The van der Waals surface area contributed by atoms with Gasteiger partial charge in [-0.2, -0.15) is 0 Å². The lowest BCUT2D eigenvalue weighted by atomic mass is 10.3. The van der Waals surface area contributed by atoms with Crippen LogP contribution >= 0.6 is 11.6 Å². The second-order valence-electron chi connectivity index (χ2n) is 4.14. The van der Waals surface area contributed by atoms with E-state index in [-0.39, 0.29) is 11.4 Å². The number of hydrogen-bond donors (Lipinski definition) is 2. The van der Waals surface area contributed by atoms with E-state index in [4.69, 9.17) is 21.4 Å². The fourth-order valence-corrected chi connectivity index (χ4v) is 2.60. The molecule has 0 spiro atoms. The van der Waals surface area contributed by atoms with Crippen LogP contribution in [0.4, 0.5) is 0 Å². The van der Waals surface area contributed by atoms with Gasteiger partial charge in [0.1, 0.15) is 5.75 Å². The maximum Gasteiger partial charge on any atom is 0.240 e. The lowest BCUT2D eigenvalue weighted by Gasteiger charge is -2.11. The zero-order valence-corrected chi connectivity index (χ0v) is 12.5. The fourth-order valence-electron chi connectivity index (χ4n) is 1.29. The number of aliphatic hydroxyl groups excluding tert-OH is 1. The molecule has 0 bridgehead atoms. The molecule has 0 aliphatic carbocycles. The molecule has 1 aromatic rings. The third kappa shape index (κ3) is 4.99. The smallest absolute Gasteiger partial charge is 0.240 e. The quantitative estimate of drug-likeness (QED) is 0.805. The molecular weight excluding hydrogens is 290 g/mol. The molecule has 0 aromatic heterocycles. The van der Waals surface area contributed by atoms with E-state index in [0.717, 1.165) is 6.42 Å². The first-order chi connectivity index (χ1) is 8.86. The second-order valence-corrected chi connectivity index (χ2v) is 6.32. The van der Waals surface area contributed by atoms with Crippen LogP contribution in [0.5, 0.6) is 5.75 Å². The zero-order chi connectivity index (χ0) is 14.5. The van der Waals surface area contributed by atoms with E-state index >= 15 is 0 Å². The Morgan fingerprint density at radius 2 is 2.16 bits per heavy atom. The maximum atomic E-state index is 12.0. The lowest BCUT2D eigenvalue weighted by molar-refractivity contribution is 0.198. The maximum absolute atomic E-state index is 12.0. The highest BCUT2D eigenvalue weighted by atomic mass is 35.5. The van der Waals surface area contributed by atoms with E-state index in [2.05, 4.69) is 4.72 Å². The van der Waals surface area contributed by atoms with Gasteiger partial charge in [-0.3, -0.25) is 0 Å². The SMILES string of the molecule is CCCOc1cc(S(=O)(=O)NCC(C)O)ccc1Cl. The van der Waals surface area contributed by atoms with Crippen molar-refractivity contribution in [3.8, 4) is 5.75 Å². The van der Waals surface area contributed by atoms with Gasteiger partial charge in [-0.1, -0.05) is 18.5 Å². The minimum absolute atomic E-state index is 0.0455. The monoisotopic (exact) mass is 307 g/mol. The molecule has 19 heavy (non-hydrogen) atoms. The highest BCUT2D eigenvalue weighted by Gasteiger charge is 2.16. The third-order valence-corrected chi connectivity index (χ3v) is 3.98. The van der Waals surface area contributed by atoms with Crippen molar-refractivity contribution in [1.82, 2.24) is 4.72 Å². The summed E-state index contributed by atoms with van der Waals surface area (Å²) in [7, 11) is -3.67. The Hall–Kier alpha value is -0.820. The van der Waals surface area contributed by atoms with Crippen LogP contribution in [0.1, 0.15) is 20.3 Å². The van der Waals surface area contributed by atoms with Gasteiger partial charge in [0.05, 0.1) is 22.6 Å². The summed E-state index contributed by atoms with van der Waals surface area (Å²) in [6, 6.07) is 4.25. The molecule has 1 rings (SSSR count). The number of hydrogen-bond acceptors (Lipinski definition) is 4. The Kier molecular flexibility index (Phi) is 6.06. The Morgan fingerprint density at radius 1 is 1.47 bits per heavy atom. The van der Waals surface area contributed by atoms with Crippen LogP contribution in [0.2, 0.25) is 5.02 Å². The first-order valence-electron chi connectivity index (χ1n) is 5.97. The summed E-state index contributed by atoms with van der Waals surface area (Å²) in [5.41, 5.74) is 0. The average Bonchev–Trinajstić information content (AvgIpc) is 2.35. The van der Waals surface area contributed by atoms with Gasteiger partial charge in [-0.05, 0) is 25.5 Å². The van der Waals surface area contributed by atoms with Crippen LogP contribution in [0, 0.1) is 0 Å². The fraction of sp³-hybridized carbons (Fsp3) is 0.500. The van der Waals surface area contributed by atoms with E-state index in [1.165, 1.54) is 25.1 Å². The standard InChI is InChI=1S/C12H18ClNO4S/c1-3-6-18-12-7-10(4-5-11(12)13)19(16,17)14-8-9(2)15/h4-5,7,9,14-15H,3,6,8H2,1-2H3. The van der Waals surface area contributed by atoms with Crippen LogP contribution in [0.3, 0.4) is 0 Å². The van der Waals surface area contributed by atoms with E-state index in [1.54, 1.807) is 0 Å². The highest BCUT2D eigenvalue weighted by molar-refractivity contribution is 7.89. The Bertz CT molecular complexity index is 516. The summed E-state index contributed by atoms with van der Waals surface area (Å²) < 4.78 is 31.6. The van der Waals surface area contributed by atoms with Gasteiger partial charge in [0.15, 0.2) is 0 Å².